The van der Waals surface area contributed by atoms with Crippen molar-refractivity contribution in [3.63, 3.8) is 0 Å². The second-order valence-corrected chi connectivity index (χ2v) is 5.64. The summed E-state index contributed by atoms with van der Waals surface area (Å²) in [5, 5.41) is 7.86. The standard InChI is InChI=1S/C15H18ClN3/c16-14-5-3-12(4-6-14)13-2-1-9-19(10-13)11-15-7-8-17-18-15/h3-8,13H,1-2,9-11H2,(H,17,18)/t13-/m1/s1. The van der Waals surface area contributed by atoms with Gasteiger partial charge in [-0.3, -0.25) is 10.00 Å². The summed E-state index contributed by atoms with van der Waals surface area (Å²) < 4.78 is 0. The van der Waals surface area contributed by atoms with Gasteiger partial charge in [-0.1, -0.05) is 23.7 Å². The predicted molar refractivity (Wildman–Crippen MR) is 77.3 cm³/mol. The average molecular weight is 276 g/mol. The van der Waals surface area contributed by atoms with E-state index in [0.29, 0.717) is 5.92 Å². The summed E-state index contributed by atoms with van der Waals surface area (Å²) in [6.45, 7) is 3.24. The molecule has 1 saturated heterocycles. The first-order valence-corrected chi connectivity index (χ1v) is 7.15. The number of halogens is 1. The summed E-state index contributed by atoms with van der Waals surface area (Å²) in [6, 6.07) is 10.3. The summed E-state index contributed by atoms with van der Waals surface area (Å²) in [6.07, 6.45) is 4.33. The summed E-state index contributed by atoms with van der Waals surface area (Å²) in [4.78, 5) is 2.50. The van der Waals surface area contributed by atoms with Crippen LogP contribution in [-0.4, -0.2) is 28.2 Å². The quantitative estimate of drug-likeness (QED) is 0.930. The van der Waals surface area contributed by atoms with E-state index < -0.39 is 0 Å². The van der Waals surface area contributed by atoms with Crippen molar-refractivity contribution in [3.8, 4) is 0 Å². The van der Waals surface area contributed by atoms with Crippen LogP contribution in [0.5, 0.6) is 0 Å². The Morgan fingerprint density at radius 1 is 1.26 bits per heavy atom. The lowest BCUT2D eigenvalue weighted by Crippen LogP contribution is -2.33. The molecule has 1 aromatic heterocycles. The highest BCUT2D eigenvalue weighted by atomic mass is 35.5. The van der Waals surface area contributed by atoms with Crippen LogP contribution in [0.1, 0.15) is 30.0 Å². The Morgan fingerprint density at radius 2 is 2.11 bits per heavy atom. The third-order valence-electron chi connectivity index (χ3n) is 3.80. The maximum atomic E-state index is 5.95. The molecule has 0 saturated carbocycles. The Balaban J connectivity index is 1.66. The maximum absolute atomic E-state index is 5.95. The van der Waals surface area contributed by atoms with Crippen molar-refractivity contribution in [1.82, 2.24) is 15.1 Å². The Bertz CT molecular complexity index is 507. The lowest BCUT2D eigenvalue weighted by atomic mass is 9.90. The van der Waals surface area contributed by atoms with E-state index in [2.05, 4.69) is 27.2 Å². The molecule has 1 N–H and O–H groups in total. The number of benzene rings is 1. The minimum absolute atomic E-state index is 0.619. The maximum Gasteiger partial charge on any atom is 0.0492 e. The van der Waals surface area contributed by atoms with Crippen LogP contribution in [-0.2, 0) is 6.54 Å². The van der Waals surface area contributed by atoms with E-state index in [1.54, 1.807) is 0 Å². The first-order valence-electron chi connectivity index (χ1n) is 6.77. The Morgan fingerprint density at radius 3 is 2.84 bits per heavy atom. The van der Waals surface area contributed by atoms with E-state index in [4.69, 9.17) is 11.6 Å². The summed E-state index contributed by atoms with van der Waals surface area (Å²) in [5.74, 6) is 0.619. The van der Waals surface area contributed by atoms with Gasteiger partial charge in [0.15, 0.2) is 0 Å². The molecular weight excluding hydrogens is 258 g/mol. The van der Waals surface area contributed by atoms with Crippen LogP contribution in [0.3, 0.4) is 0 Å². The Labute approximate surface area is 118 Å². The van der Waals surface area contributed by atoms with Gasteiger partial charge in [0.2, 0.25) is 0 Å². The highest BCUT2D eigenvalue weighted by Gasteiger charge is 2.21. The molecule has 4 heteroatoms. The average Bonchev–Trinajstić information content (AvgIpc) is 2.93. The SMILES string of the molecule is Clc1ccc([C@@H]2CCCN(Cc3ccn[nH]3)C2)cc1. The number of piperidine rings is 1. The van der Waals surface area contributed by atoms with Gasteiger partial charge < -0.3 is 0 Å². The summed E-state index contributed by atoms with van der Waals surface area (Å²) in [5.41, 5.74) is 2.59. The van der Waals surface area contributed by atoms with Gasteiger partial charge >= 0.3 is 0 Å². The van der Waals surface area contributed by atoms with Crippen LogP contribution in [0.25, 0.3) is 0 Å². The van der Waals surface area contributed by atoms with Crippen molar-refractivity contribution in [2.45, 2.75) is 25.3 Å². The molecule has 3 nitrogen and oxygen atoms in total. The van der Waals surface area contributed by atoms with E-state index in [0.717, 1.165) is 18.1 Å². The number of nitrogens with one attached hydrogen (secondary N) is 1. The highest BCUT2D eigenvalue weighted by Crippen LogP contribution is 2.28. The zero-order valence-electron chi connectivity index (χ0n) is 10.8. The van der Waals surface area contributed by atoms with E-state index >= 15 is 0 Å². The molecule has 3 rings (SSSR count). The fourth-order valence-electron chi connectivity index (χ4n) is 2.82. The molecule has 0 bridgehead atoms. The second kappa shape index (κ2) is 5.76. The van der Waals surface area contributed by atoms with Crippen molar-refractivity contribution in [1.29, 1.82) is 0 Å². The first-order chi connectivity index (χ1) is 9.31. The molecule has 0 unspecified atom stereocenters. The van der Waals surface area contributed by atoms with E-state index in [-0.39, 0.29) is 0 Å². The molecule has 1 aliphatic heterocycles. The highest BCUT2D eigenvalue weighted by molar-refractivity contribution is 6.30. The third-order valence-corrected chi connectivity index (χ3v) is 4.05. The molecule has 2 heterocycles. The molecule has 1 aliphatic rings. The molecule has 0 aliphatic carbocycles. The van der Waals surface area contributed by atoms with Gasteiger partial charge in [0.25, 0.3) is 0 Å². The van der Waals surface area contributed by atoms with Gasteiger partial charge in [0.1, 0.15) is 0 Å². The number of hydrogen-bond acceptors (Lipinski definition) is 2. The van der Waals surface area contributed by atoms with Crippen molar-refractivity contribution >= 4 is 11.6 Å². The lowest BCUT2D eigenvalue weighted by Gasteiger charge is -2.32. The molecule has 0 amide bonds. The van der Waals surface area contributed by atoms with Gasteiger partial charge in [-0.15, -0.1) is 0 Å². The molecule has 2 aromatic rings. The van der Waals surface area contributed by atoms with E-state index in [1.165, 1.54) is 30.6 Å². The monoisotopic (exact) mass is 275 g/mol. The smallest absolute Gasteiger partial charge is 0.0492 e. The van der Waals surface area contributed by atoms with Crippen LogP contribution < -0.4 is 0 Å². The molecule has 0 spiro atoms. The Hall–Kier alpha value is -1.32. The van der Waals surface area contributed by atoms with Gasteiger partial charge in [-0.05, 0) is 49.1 Å². The van der Waals surface area contributed by atoms with Gasteiger partial charge in [-0.2, -0.15) is 5.10 Å². The van der Waals surface area contributed by atoms with E-state index in [9.17, 15) is 0 Å². The van der Waals surface area contributed by atoms with Crippen molar-refractivity contribution in [2.24, 2.45) is 0 Å². The van der Waals surface area contributed by atoms with Crippen LogP contribution >= 0.6 is 11.6 Å². The number of likely N-dealkylation sites (tertiary alicyclic amines) is 1. The normalized spacial score (nSPS) is 20.6. The predicted octanol–water partition coefficient (Wildman–Crippen LogP) is 3.44. The number of nitrogens with zero attached hydrogens (tertiary/aromatic N) is 2. The number of aromatic amines is 1. The summed E-state index contributed by atoms with van der Waals surface area (Å²) >= 11 is 5.95. The van der Waals surface area contributed by atoms with E-state index in [1.807, 2.05) is 24.4 Å². The van der Waals surface area contributed by atoms with Gasteiger partial charge in [0, 0.05) is 30.0 Å². The molecule has 19 heavy (non-hydrogen) atoms. The topological polar surface area (TPSA) is 31.9 Å². The fourth-order valence-corrected chi connectivity index (χ4v) is 2.95. The van der Waals surface area contributed by atoms with Crippen molar-refractivity contribution in [2.75, 3.05) is 13.1 Å². The van der Waals surface area contributed by atoms with Crippen LogP contribution in [0.4, 0.5) is 0 Å². The van der Waals surface area contributed by atoms with Crippen molar-refractivity contribution < 1.29 is 0 Å². The minimum atomic E-state index is 0.619. The second-order valence-electron chi connectivity index (χ2n) is 5.21. The van der Waals surface area contributed by atoms with Gasteiger partial charge in [-0.25, -0.2) is 0 Å². The first kappa shape index (κ1) is 12.7. The zero-order valence-corrected chi connectivity index (χ0v) is 11.6. The summed E-state index contributed by atoms with van der Waals surface area (Å²) in [7, 11) is 0. The number of H-pyrrole nitrogens is 1. The Kier molecular flexibility index (Phi) is 3.85. The number of rotatable bonds is 3. The van der Waals surface area contributed by atoms with Gasteiger partial charge in [0.05, 0.1) is 0 Å². The van der Waals surface area contributed by atoms with Crippen LogP contribution in [0, 0.1) is 0 Å². The third kappa shape index (κ3) is 3.17. The fraction of sp³-hybridized carbons (Fsp3) is 0.400. The minimum Gasteiger partial charge on any atom is -0.297 e. The molecule has 1 aromatic carbocycles. The molecule has 0 radical (unpaired) electrons. The molecule has 1 fully saturated rings. The zero-order chi connectivity index (χ0) is 13.1. The molecular formula is C15H18ClN3. The van der Waals surface area contributed by atoms with Crippen LogP contribution in [0.2, 0.25) is 5.02 Å². The van der Waals surface area contributed by atoms with Crippen molar-refractivity contribution in [3.05, 3.63) is 52.8 Å². The largest absolute Gasteiger partial charge is 0.297 e. The van der Waals surface area contributed by atoms with Crippen LogP contribution in [0.15, 0.2) is 36.5 Å². The molecule has 1 atom stereocenters. The number of aromatic nitrogens is 2. The molecule has 100 valence electrons. The lowest BCUT2D eigenvalue weighted by molar-refractivity contribution is 0.198. The number of hydrogen-bond donors (Lipinski definition) is 1.